The van der Waals surface area contributed by atoms with Crippen LogP contribution in [0.2, 0.25) is 5.02 Å². The van der Waals surface area contributed by atoms with Crippen LogP contribution in [0, 0.1) is 6.92 Å². The standard InChI is InChI=1S/C19H20ClN3O2/c1-14-3-6-17(7-4-14)25-10-9-22(2)13-16-11-19(24)23-12-15(20)5-8-18(23)21-16/h3-8,11-12H,9-10,13H2,1-2H3. The Bertz CT molecular complexity index is 922. The fraction of sp³-hybridized carbons (Fsp3) is 0.263. The first kappa shape index (κ1) is 17.5. The van der Waals surface area contributed by atoms with Crippen LogP contribution in [0.1, 0.15) is 11.3 Å². The van der Waals surface area contributed by atoms with Crippen LogP contribution < -0.4 is 10.3 Å². The molecule has 3 rings (SSSR count). The summed E-state index contributed by atoms with van der Waals surface area (Å²) in [7, 11) is 1.98. The number of hydrogen-bond acceptors (Lipinski definition) is 4. The highest BCUT2D eigenvalue weighted by Crippen LogP contribution is 2.12. The van der Waals surface area contributed by atoms with Gasteiger partial charge in [0.1, 0.15) is 18.0 Å². The summed E-state index contributed by atoms with van der Waals surface area (Å²) in [6.07, 6.45) is 1.58. The minimum absolute atomic E-state index is 0.133. The van der Waals surface area contributed by atoms with Crippen molar-refractivity contribution in [3.05, 3.63) is 75.3 Å². The molecule has 0 bridgehead atoms. The first-order chi connectivity index (χ1) is 12.0. The van der Waals surface area contributed by atoms with Gasteiger partial charge in [0.05, 0.1) is 10.7 Å². The molecule has 0 fully saturated rings. The summed E-state index contributed by atoms with van der Waals surface area (Å²) < 4.78 is 7.18. The quantitative estimate of drug-likeness (QED) is 0.680. The summed E-state index contributed by atoms with van der Waals surface area (Å²) >= 11 is 5.92. The highest BCUT2D eigenvalue weighted by molar-refractivity contribution is 6.30. The molecule has 6 heteroatoms. The van der Waals surface area contributed by atoms with Gasteiger partial charge in [-0.2, -0.15) is 0 Å². The maximum Gasteiger partial charge on any atom is 0.258 e. The van der Waals surface area contributed by atoms with E-state index in [0.717, 1.165) is 18.0 Å². The zero-order valence-electron chi connectivity index (χ0n) is 14.3. The Hall–Kier alpha value is -2.37. The number of rotatable bonds is 6. The van der Waals surface area contributed by atoms with Crippen LogP contribution in [0.3, 0.4) is 0 Å². The van der Waals surface area contributed by atoms with Crippen LogP contribution in [0.15, 0.2) is 53.5 Å². The molecule has 0 unspecified atom stereocenters. The molecule has 130 valence electrons. The first-order valence-corrected chi connectivity index (χ1v) is 8.45. The van der Waals surface area contributed by atoms with E-state index in [1.807, 2.05) is 38.2 Å². The van der Waals surface area contributed by atoms with E-state index in [0.29, 0.717) is 23.8 Å². The fourth-order valence-corrected chi connectivity index (χ4v) is 2.68. The molecule has 3 aromatic rings. The van der Waals surface area contributed by atoms with Crippen molar-refractivity contribution in [2.75, 3.05) is 20.2 Å². The van der Waals surface area contributed by atoms with E-state index in [4.69, 9.17) is 16.3 Å². The Morgan fingerprint density at radius 2 is 1.96 bits per heavy atom. The van der Waals surface area contributed by atoms with E-state index in [-0.39, 0.29) is 5.56 Å². The minimum Gasteiger partial charge on any atom is -0.492 e. The summed E-state index contributed by atoms with van der Waals surface area (Å²) in [6, 6.07) is 13.0. The number of nitrogens with zero attached hydrogens (tertiary/aromatic N) is 3. The molecule has 0 aliphatic heterocycles. The van der Waals surface area contributed by atoms with Crippen molar-refractivity contribution in [2.45, 2.75) is 13.5 Å². The Morgan fingerprint density at radius 3 is 2.72 bits per heavy atom. The van der Waals surface area contributed by atoms with E-state index in [2.05, 4.69) is 9.88 Å². The molecule has 0 N–H and O–H groups in total. The van der Waals surface area contributed by atoms with Gasteiger partial charge in [-0.1, -0.05) is 29.3 Å². The molecule has 0 amide bonds. The Balaban J connectivity index is 1.60. The number of likely N-dealkylation sites (N-methyl/N-ethyl adjacent to an activating group) is 1. The fourth-order valence-electron chi connectivity index (χ4n) is 2.52. The van der Waals surface area contributed by atoms with Gasteiger partial charge in [0.15, 0.2) is 0 Å². The summed E-state index contributed by atoms with van der Waals surface area (Å²) in [5, 5.41) is 0.509. The van der Waals surface area contributed by atoms with Gasteiger partial charge >= 0.3 is 0 Å². The van der Waals surface area contributed by atoms with Crippen LogP contribution in [0.4, 0.5) is 0 Å². The Morgan fingerprint density at radius 1 is 1.20 bits per heavy atom. The number of ether oxygens (including phenoxy) is 1. The molecule has 25 heavy (non-hydrogen) atoms. The predicted molar refractivity (Wildman–Crippen MR) is 99.5 cm³/mol. The molecule has 2 aromatic heterocycles. The molecule has 1 aromatic carbocycles. The number of aryl methyl sites for hydroxylation is 1. The molecule has 0 aliphatic carbocycles. The van der Waals surface area contributed by atoms with Crippen molar-refractivity contribution in [3.63, 3.8) is 0 Å². The lowest BCUT2D eigenvalue weighted by atomic mass is 10.2. The molecule has 0 saturated heterocycles. The van der Waals surface area contributed by atoms with Crippen molar-refractivity contribution >= 4 is 17.2 Å². The number of hydrogen-bond donors (Lipinski definition) is 0. The Kier molecular flexibility index (Phi) is 5.36. The third-order valence-electron chi connectivity index (χ3n) is 3.87. The van der Waals surface area contributed by atoms with Gasteiger partial charge < -0.3 is 4.74 Å². The van der Waals surface area contributed by atoms with E-state index < -0.39 is 0 Å². The second-order valence-corrected chi connectivity index (χ2v) is 6.50. The van der Waals surface area contributed by atoms with Crippen LogP contribution in [-0.4, -0.2) is 34.5 Å². The summed E-state index contributed by atoms with van der Waals surface area (Å²) in [4.78, 5) is 18.8. The average Bonchev–Trinajstić information content (AvgIpc) is 2.57. The molecule has 5 nitrogen and oxygen atoms in total. The summed E-state index contributed by atoms with van der Waals surface area (Å²) in [5.41, 5.74) is 2.40. The van der Waals surface area contributed by atoms with Crippen LogP contribution >= 0.6 is 11.6 Å². The minimum atomic E-state index is -0.133. The third kappa shape index (κ3) is 4.59. The van der Waals surface area contributed by atoms with Crippen LogP contribution in [0.25, 0.3) is 5.65 Å². The lowest BCUT2D eigenvalue weighted by Crippen LogP contribution is -2.26. The molecule has 0 saturated carbocycles. The van der Waals surface area contributed by atoms with Gasteiger partial charge in [-0.15, -0.1) is 0 Å². The van der Waals surface area contributed by atoms with Gasteiger partial charge in [0.2, 0.25) is 0 Å². The third-order valence-corrected chi connectivity index (χ3v) is 4.09. The van der Waals surface area contributed by atoms with E-state index >= 15 is 0 Å². The van der Waals surface area contributed by atoms with Gasteiger partial charge in [0.25, 0.3) is 5.56 Å². The molecular weight excluding hydrogens is 338 g/mol. The molecule has 2 heterocycles. The van der Waals surface area contributed by atoms with Gasteiger partial charge in [-0.25, -0.2) is 4.98 Å². The lowest BCUT2D eigenvalue weighted by Gasteiger charge is -2.17. The molecule has 0 spiro atoms. The number of benzene rings is 1. The number of aromatic nitrogens is 2. The normalized spacial score (nSPS) is 11.2. The highest BCUT2D eigenvalue weighted by Gasteiger charge is 2.06. The summed E-state index contributed by atoms with van der Waals surface area (Å²) in [5.74, 6) is 0.859. The smallest absolute Gasteiger partial charge is 0.258 e. The average molecular weight is 358 g/mol. The van der Waals surface area contributed by atoms with E-state index in [1.165, 1.54) is 9.96 Å². The zero-order valence-corrected chi connectivity index (χ0v) is 15.0. The maximum absolute atomic E-state index is 12.2. The zero-order chi connectivity index (χ0) is 17.8. The van der Waals surface area contributed by atoms with Gasteiger partial charge in [0, 0.05) is 25.4 Å². The SMILES string of the molecule is Cc1ccc(OCCN(C)Cc2cc(=O)n3cc(Cl)ccc3n2)cc1. The van der Waals surface area contributed by atoms with Crippen molar-refractivity contribution in [2.24, 2.45) is 0 Å². The van der Waals surface area contributed by atoms with E-state index in [1.54, 1.807) is 24.4 Å². The monoisotopic (exact) mass is 357 g/mol. The predicted octanol–water partition coefficient (Wildman–Crippen LogP) is 3.17. The van der Waals surface area contributed by atoms with Crippen molar-refractivity contribution in [1.82, 2.24) is 14.3 Å². The number of fused-ring (bicyclic) bond motifs is 1. The van der Waals surface area contributed by atoms with Crippen molar-refractivity contribution in [1.29, 1.82) is 0 Å². The van der Waals surface area contributed by atoms with Crippen LogP contribution in [-0.2, 0) is 6.54 Å². The molecule has 0 atom stereocenters. The molecular formula is C19H20ClN3O2. The topological polar surface area (TPSA) is 46.8 Å². The van der Waals surface area contributed by atoms with Crippen LogP contribution in [0.5, 0.6) is 5.75 Å². The Labute approximate surface area is 151 Å². The molecule has 0 radical (unpaired) electrons. The number of halogens is 1. The lowest BCUT2D eigenvalue weighted by molar-refractivity contribution is 0.231. The van der Waals surface area contributed by atoms with Gasteiger partial charge in [-0.3, -0.25) is 14.1 Å². The number of pyridine rings is 1. The second-order valence-electron chi connectivity index (χ2n) is 6.06. The largest absolute Gasteiger partial charge is 0.492 e. The molecule has 0 aliphatic rings. The first-order valence-electron chi connectivity index (χ1n) is 8.07. The highest BCUT2D eigenvalue weighted by atomic mass is 35.5. The van der Waals surface area contributed by atoms with Crippen molar-refractivity contribution in [3.8, 4) is 5.75 Å². The second kappa shape index (κ2) is 7.68. The van der Waals surface area contributed by atoms with E-state index in [9.17, 15) is 4.79 Å². The van der Waals surface area contributed by atoms with Crippen molar-refractivity contribution < 1.29 is 4.74 Å². The summed E-state index contributed by atoms with van der Waals surface area (Å²) in [6.45, 7) is 3.92. The van der Waals surface area contributed by atoms with Gasteiger partial charge in [-0.05, 0) is 38.2 Å². The maximum atomic E-state index is 12.2.